The molecule has 2 aromatic rings. The summed E-state index contributed by atoms with van der Waals surface area (Å²) in [4.78, 5) is 23.6. The number of amides is 1. The van der Waals surface area contributed by atoms with Gasteiger partial charge in [0.1, 0.15) is 0 Å². The third-order valence-electron chi connectivity index (χ3n) is 3.41. The Balaban J connectivity index is 1.92. The molecular formula is C18H18ClNO3S. The first kappa shape index (κ1) is 18.4. The van der Waals surface area contributed by atoms with Crippen LogP contribution >= 0.6 is 23.4 Å². The minimum absolute atomic E-state index is 0.169. The molecule has 0 aliphatic heterocycles. The van der Waals surface area contributed by atoms with Crippen molar-refractivity contribution < 1.29 is 14.3 Å². The number of ether oxygens (including phenoxy) is 1. The number of rotatable bonds is 6. The largest absolute Gasteiger partial charge is 0.465 e. The van der Waals surface area contributed by atoms with Gasteiger partial charge in [0.25, 0.3) is 0 Å². The lowest BCUT2D eigenvalue weighted by Crippen LogP contribution is -2.15. The zero-order valence-electron chi connectivity index (χ0n) is 13.5. The Morgan fingerprint density at radius 2 is 1.96 bits per heavy atom. The predicted molar refractivity (Wildman–Crippen MR) is 98.8 cm³/mol. The van der Waals surface area contributed by atoms with Gasteiger partial charge in [0.2, 0.25) is 5.91 Å². The highest BCUT2D eigenvalue weighted by atomic mass is 35.5. The predicted octanol–water partition coefficient (Wildman–Crippen LogP) is 4.31. The van der Waals surface area contributed by atoms with Crippen LogP contribution in [0.2, 0.25) is 5.02 Å². The van der Waals surface area contributed by atoms with Crippen LogP contribution in [-0.4, -0.2) is 24.7 Å². The molecule has 0 aromatic heterocycles. The number of halogens is 1. The van der Waals surface area contributed by atoms with Gasteiger partial charge < -0.3 is 10.1 Å². The molecule has 0 atom stereocenters. The standard InChI is InChI=1S/C18H18ClNO3S/c1-12-5-3-4-6-14(12)10-24-11-17(21)20-16-9-13(18(22)23-2)7-8-15(16)19/h3-9H,10-11H2,1-2H3,(H,20,21). The van der Waals surface area contributed by atoms with Crippen molar-refractivity contribution in [3.8, 4) is 0 Å². The fourth-order valence-corrected chi connectivity index (χ4v) is 3.15. The smallest absolute Gasteiger partial charge is 0.337 e. The van der Waals surface area contributed by atoms with Crippen molar-refractivity contribution in [2.75, 3.05) is 18.2 Å². The number of nitrogens with one attached hydrogen (secondary N) is 1. The fraction of sp³-hybridized carbons (Fsp3) is 0.222. The average Bonchev–Trinajstić information content (AvgIpc) is 2.58. The Bertz CT molecular complexity index is 749. The number of carbonyl (C=O) groups excluding carboxylic acids is 2. The van der Waals surface area contributed by atoms with Crippen LogP contribution in [0.3, 0.4) is 0 Å². The molecule has 0 radical (unpaired) electrons. The Kier molecular flexibility index (Phi) is 6.70. The maximum absolute atomic E-state index is 12.1. The summed E-state index contributed by atoms with van der Waals surface area (Å²) in [5, 5.41) is 3.11. The van der Waals surface area contributed by atoms with E-state index < -0.39 is 5.97 Å². The summed E-state index contributed by atoms with van der Waals surface area (Å²) < 4.78 is 4.66. The van der Waals surface area contributed by atoms with Crippen LogP contribution < -0.4 is 5.32 Å². The zero-order chi connectivity index (χ0) is 17.5. The number of esters is 1. The van der Waals surface area contributed by atoms with Crippen LogP contribution in [0, 0.1) is 6.92 Å². The quantitative estimate of drug-likeness (QED) is 0.777. The van der Waals surface area contributed by atoms with Gasteiger partial charge in [-0.25, -0.2) is 4.79 Å². The van der Waals surface area contributed by atoms with Gasteiger partial charge in [-0.05, 0) is 36.2 Å². The van der Waals surface area contributed by atoms with Gasteiger partial charge in [0, 0.05) is 5.75 Å². The molecule has 0 unspecified atom stereocenters. The monoisotopic (exact) mass is 363 g/mol. The first-order valence-electron chi connectivity index (χ1n) is 7.31. The number of anilines is 1. The maximum Gasteiger partial charge on any atom is 0.337 e. The van der Waals surface area contributed by atoms with Gasteiger partial charge in [0.15, 0.2) is 0 Å². The molecular weight excluding hydrogens is 346 g/mol. The summed E-state index contributed by atoms with van der Waals surface area (Å²) in [7, 11) is 1.30. The van der Waals surface area contributed by atoms with Crippen molar-refractivity contribution in [3.05, 3.63) is 64.2 Å². The van der Waals surface area contributed by atoms with Crippen LogP contribution in [0.4, 0.5) is 5.69 Å². The number of carbonyl (C=O) groups is 2. The van der Waals surface area contributed by atoms with Gasteiger partial charge >= 0.3 is 5.97 Å². The first-order chi connectivity index (χ1) is 11.5. The van der Waals surface area contributed by atoms with E-state index >= 15 is 0 Å². The molecule has 0 fully saturated rings. The van der Waals surface area contributed by atoms with E-state index in [0.29, 0.717) is 22.0 Å². The van der Waals surface area contributed by atoms with Gasteiger partial charge in [-0.1, -0.05) is 35.9 Å². The third kappa shape index (κ3) is 5.01. The normalized spacial score (nSPS) is 10.3. The third-order valence-corrected chi connectivity index (χ3v) is 4.72. The van der Waals surface area contributed by atoms with Gasteiger partial charge in [-0.2, -0.15) is 0 Å². The number of aryl methyl sites for hydroxylation is 1. The van der Waals surface area contributed by atoms with E-state index in [0.717, 1.165) is 5.75 Å². The summed E-state index contributed by atoms with van der Waals surface area (Å²) in [6, 6.07) is 12.7. The molecule has 0 bridgehead atoms. The van der Waals surface area contributed by atoms with Gasteiger partial charge in [-0.3, -0.25) is 4.79 Å². The molecule has 0 saturated heterocycles. The van der Waals surface area contributed by atoms with E-state index in [9.17, 15) is 9.59 Å². The van der Waals surface area contributed by atoms with Crippen molar-refractivity contribution in [1.29, 1.82) is 0 Å². The molecule has 2 aromatic carbocycles. The van der Waals surface area contributed by atoms with E-state index in [4.69, 9.17) is 11.6 Å². The summed E-state index contributed by atoms with van der Waals surface area (Å²) in [5.41, 5.74) is 3.16. The number of methoxy groups -OCH3 is 1. The summed E-state index contributed by atoms with van der Waals surface area (Å²) >= 11 is 7.59. The van der Waals surface area contributed by atoms with Crippen molar-refractivity contribution in [1.82, 2.24) is 0 Å². The van der Waals surface area contributed by atoms with Crippen molar-refractivity contribution in [2.24, 2.45) is 0 Å². The lowest BCUT2D eigenvalue weighted by Gasteiger charge is -2.09. The highest BCUT2D eigenvalue weighted by molar-refractivity contribution is 7.99. The molecule has 0 saturated carbocycles. The molecule has 0 spiro atoms. The van der Waals surface area contributed by atoms with Crippen molar-refractivity contribution in [3.63, 3.8) is 0 Å². The second-order valence-electron chi connectivity index (χ2n) is 5.15. The zero-order valence-corrected chi connectivity index (χ0v) is 15.0. The number of hydrogen-bond acceptors (Lipinski definition) is 4. The van der Waals surface area contributed by atoms with E-state index in [-0.39, 0.29) is 5.91 Å². The van der Waals surface area contributed by atoms with Crippen LogP contribution in [0.1, 0.15) is 21.5 Å². The summed E-state index contributed by atoms with van der Waals surface area (Å²) in [5.74, 6) is 0.414. The van der Waals surface area contributed by atoms with Crippen LogP contribution in [0.25, 0.3) is 0 Å². The Morgan fingerprint density at radius 3 is 2.67 bits per heavy atom. The fourth-order valence-electron chi connectivity index (χ4n) is 2.08. The number of benzene rings is 2. The molecule has 6 heteroatoms. The Hall–Kier alpha value is -1.98. The number of thioether (sulfide) groups is 1. The molecule has 0 heterocycles. The maximum atomic E-state index is 12.1. The van der Waals surface area contributed by atoms with Crippen molar-refractivity contribution in [2.45, 2.75) is 12.7 Å². The highest BCUT2D eigenvalue weighted by Gasteiger charge is 2.11. The minimum Gasteiger partial charge on any atom is -0.465 e. The van der Waals surface area contributed by atoms with E-state index in [1.54, 1.807) is 12.1 Å². The average molecular weight is 364 g/mol. The Morgan fingerprint density at radius 1 is 1.21 bits per heavy atom. The SMILES string of the molecule is COC(=O)c1ccc(Cl)c(NC(=O)CSCc2ccccc2C)c1. The van der Waals surface area contributed by atoms with Crippen LogP contribution in [0.15, 0.2) is 42.5 Å². The molecule has 1 amide bonds. The van der Waals surface area contributed by atoms with Gasteiger partial charge in [-0.15, -0.1) is 11.8 Å². The van der Waals surface area contributed by atoms with E-state index in [2.05, 4.69) is 16.1 Å². The topological polar surface area (TPSA) is 55.4 Å². The Labute approximate surface area is 150 Å². The second kappa shape index (κ2) is 8.76. The lowest BCUT2D eigenvalue weighted by molar-refractivity contribution is -0.113. The van der Waals surface area contributed by atoms with Gasteiger partial charge in [0.05, 0.1) is 29.1 Å². The first-order valence-corrected chi connectivity index (χ1v) is 8.84. The molecule has 0 aliphatic rings. The molecule has 24 heavy (non-hydrogen) atoms. The van der Waals surface area contributed by atoms with E-state index in [1.165, 1.54) is 36.1 Å². The highest BCUT2D eigenvalue weighted by Crippen LogP contribution is 2.24. The molecule has 4 nitrogen and oxygen atoms in total. The molecule has 2 rings (SSSR count). The van der Waals surface area contributed by atoms with Crippen LogP contribution in [0.5, 0.6) is 0 Å². The number of hydrogen-bond donors (Lipinski definition) is 1. The molecule has 0 aliphatic carbocycles. The summed E-state index contributed by atoms with van der Waals surface area (Å²) in [6.07, 6.45) is 0. The second-order valence-corrected chi connectivity index (χ2v) is 6.55. The molecule has 126 valence electrons. The van der Waals surface area contributed by atoms with E-state index in [1.807, 2.05) is 25.1 Å². The summed E-state index contributed by atoms with van der Waals surface area (Å²) in [6.45, 7) is 2.05. The molecule has 1 N–H and O–H groups in total. The van der Waals surface area contributed by atoms with Crippen molar-refractivity contribution >= 4 is 40.9 Å². The van der Waals surface area contributed by atoms with Crippen LogP contribution in [-0.2, 0) is 15.3 Å². The minimum atomic E-state index is -0.476. The lowest BCUT2D eigenvalue weighted by atomic mass is 10.1.